The molecule has 9 nitrogen and oxygen atoms in total. The number of para-hydroxylation sites is 1. The van der Waals surface area contributed by atoms with E-state index in [1.54, 1.807) is 18.3 Å². The molecule has 1 atom stereocenters. The molecule has 0 unspecified atom stereocenters. The second-order valence-corrected chi connectivity index (χ2v) is 9.41. The highest BCUT2D eigenvalue weighted by atomic mass is 16.5. The van der Waals surface area contributed by atoms with Crippen molar-refractivity contribution >= 4 is 28.8 Å². The van der Waals surface area contributed by atoms with E-state index in [0.29, 0.717) is 36.9 Å². The lowest BCUT2D eigenvalue weighted by molar-refractivity contribution is -0.126. The first-order valence-electron chi connectivity index (χ1n) is 12.3. The maximum atomic E-state index is 13.2. The third-order valence-electron chi connectivity index (χ3n) is 6.40. The zero-order valence-electron chi connectivity index (χ0n) is 21.4. The number of carbonyl (C=O) groups is 2. The van der Waals surface area contributed by atoms with E-state index in [1.807, 2.05) is 55.1 Å². The van der Waals surface area contributed by atoms with E-state index in [2.05, 4.69) is 14.9 Å². The summed E-state index contributed by atoms with van der Waals surface area (Å²) >= 11 is 0. The average molecular weight is 491 g/mol. The third kappa shape index (κ3) is 5.73. The van der Waals surface area contributed by atoms with E-state index < -0.39 is 0 Å². The predicted molar refractivity (Wildman–Crippen MR) is 140 cm³/mol. The SMILES string of the molecule is COc1cncc(C(=O)Nc2nc3cccc(C)c3n2[C@@H]2CCCCN(C(=O)C=CCN(C)C)C2)c1. The van der Waals surface area contributed by atoms with Gasteiger partial charge in [-0.2, -0.15) is 0 Å². The number of amides is 2. The van der Waals surface area contributed by atoms with Gasteiger partial charge in [-0.15, -0.1) is 0 Å². The van der Waals surface area contributed by atoms with E-state index in [1.165, 1.54) is 13.3 Å². The number of aryl methyl sites for hydroxylation is 1. The number of fused-ring (bicyclic) bond motifs is 1. The van der Waals surface area contributed by atoms with Gasteiger partial charge in [0.15, 0.2) is 0 Å². The molecule has 1 aliphatic heterocycles. The smallest absolute Gasteiger partial charge is 0.259 e. The fourth-order valence-electron chi connectivity index (χ4n) is 4.59. The summed E-state index contributed by atoms with van der Waals surface area (Å²) in [4.78, 5) is 39.0. The van der Waals surface area contributed by atoms with Crippen molar-refractivity contribution in [3.05, 3.63) is 59.9 Å². The van der Waals surface area contributed by atoms with Crippen LogP contribution in [0.25, 0.3) is 11.0 Å². The number of pyridine rings is 1. The molecule has 0 saturated carbocycles. The Bertz CT molecular complexity index is 1270. The Labute approximate surface area is 211 Å². The first-order valence-corrected chi connectivity index (χ1v) is 12.3. The molecule has 1 N–H and O–H groups in total. The van der Waals surface area contributed by atoms with Crippen LogP contribution in [0, 0.1) is 6.92 Å². The summed E-state index contributed by atoms with van der Waals surface area (Å²) in [6.45, 7) is 4.02. The average Bonchev–Trinajstić information content (AvgIpc) is 3.05. The number of hydrogen-bond donors (Lipinski definition) is 1. The zero-order chi connectivity index (χ0) is 25.7. The Morgan fingerprint density at radius 1 is 1.25 bits per heavy atom. The molecule has 0 spiro atoms. The molecule has 1 aromatic carbocycles. The number of imidazole rings is 1. The van der Waals surface area contributed by atoms with Gasteiger partial charge in [0.25, 0.3) is 5.91 Å². The van der Waals surface area contributed by atoms with Crippen LogP contribution in [0.4, 0.5) is 5.95 Å². The maximum Gasteiger partial charge on any atom is 0.259 e. The van der Waals surface area contributed by atoms with E-state index in [0.717, 1.165) is 35.9 Å². The molecule has 1 saturated heterocycles. The van der Waals surface area contributed by atoms with Gasteiger partial charge in [0.1, 0.15) is 5.75 Å². The minimum atomic E-state index is -0.316. The van der Waals surface area contributed by atoms with Crippen LogP contribution in [-0.4, -0.2) is 77.0 Å². The molecule has 1 aliphatic rings. The normalized spacial score (nSPS) is 16.5. The number of methoxy groups -OCH3 is 1. The van der Waals surface area contributed by atoms with Crippen LogP contribution in [-0.2, 0) is 4.79 Å². The Balaban J connectivity index is 1.67. The van der Waals surface area contributed by atoms with Gasteiger partial charge in [-0.05, 0) is 58.0 Å². The van der Waals surface area contributed by atoms with Gasteiger partial charge in [-0.1, -0.05) is 18.2 Å². The van der Waals surface area contributed by atoms with E-state index in [9.17, 15) is 9.59 Å². The highest BCUT2D eigenvalue weighted by Crippen LogP contribution is 2.32. The molecule has 3 heterocycles. The quantitative estimate of drug-likeness (QED) is 0.508. The molecule has 1 fully saturated rings. The Morgan fingerprint density at radius 3 is 2.86 bits per heavy atom. The number of likely N-dealkylation sites (tertiary alicyclic amines) is 1. The number of hydrogen-bond acceptors (Lipinski definition) is 6. The fraction of sp³-hybridized carbons (Fsp3) is 0.407. The van der Waals surface area contributed by atoms with Crippen LogP contribution < -0.4 is 10.1 Å². The molecule has 0 aliphatic carbocycles. The van der Waals surface area contributed by atoms with Crippen LogP contribution in [0.3, 0.4) is 0 Å². The largest absolute Gasteiger partial charge is 0.495 e. The molecule has 0 bridgehead atoms. The Morgan fingerprint density at radius 2 is 2.08 bits per heavy atom. The van der Waals surface area contributed by atoms with E-state index in [-0.39, 0.29) is 17.9 Å². The van der Waals surface area contributed by atoms with Gasteiger partial charge in [-0.25, -0.2) is 4.98 Å². The fourth-order valence-corrected chi connectivity index (χ4v) is 4.59. The van der Waals surface area contributed by atoms with Gasteiger partial charge in [-0.3, -0.25) is 19.9 Å². The number of benzene rings is 1. The number of rotatable bonds is 7. The number of carbonyl (C=O) groups excluding carboxylic acids is 2. The van der Waals surface area contributed by atoms with Gasteiger partial charge >= 0.3 is 0 Å². The second kappa shape index (κ2) is 11.3. The molecular weight excluding hydrogens is 456 g/mol. The van der Waals surface area contributed by atoms with Gasteiger partial charge in [0, 0.05) is 31.9 Å². The van der Waals surface area contributed by atoms with Crippen molar-refractivity contribution in [1.82, 2.24) is 24.3 Å². The van der Waals surface area contributed by atoms with Crippen molar-refractivity contribution in [1.29, 1.82) is 0 Å². The number of nitrogens with one attached hydrogen (secondary N) is 1. The van der Waals surface area contributed by atoms with E-state index in [4.69, 9.17) is 9.72 Å². The molecule has 2 amide bonds. The molecule has 3 aromatic rings. The summed E-state index contributed by atoms with van der Waals surface area (Å²) < 4.78 is 7.32. The number of anilines is 1. The lowest BCUT2D eigenvalue weighted by Gasteiger charge is -2.26. The minimum Gasteiger partial charge on any atom is -0.495 e. The molecule has 190 valence electrons. The van der Waals surface area contributed by atoms with Crippen molar-refractivity contribution in [2.24, 2.45) is 0 Å². The van der Waals surface area contributed by atoms with Crippen LogP contribution in [0.2, 0.25) is 0 Å². The molecule has 2 aromatic heterocycles. The summed E-state index contributed by atoms with van der Waals surface area (Å²) in [6, 6.07) is 7.58. The highest BCUT2D eigenvalue weighted by Gasteiger charge is 2.27. The maximum absolute atomic E-state index is 13.2. The molecular formula is C27H34N6O3. The van der Waals surface area contributed by atoms with Gasteiger partial charge < -0.3 is 19.1 Å². The van der Waals surface area contributed by atoms with Crippen molar-refractivity contribution < 1.29 is 14.3 Å². The summed E-state index contributed by atoms with van der Waals surface area (Å²) in [5.41, 5.74) is 3.23. The molecule has 0 radical (unpaired) electrons. The standard InChI is InChI=1S/C27H34N6O3/c1-19-9-7-11-23-25(19)33(27(29-23)30-26(35)20-15-22(36-4)17-28-16-20)21-10-5-6-14-32(18-21)24(34)12-8-13-31(2)3/h7-9,11-12,15-17,21H,5-6,10,13-14,18H2,1-4H3,(H,29,30,35)/t21-/m1/s1. The van der Waals surface area contributed by atoms with E-state index >= 15 is 0 Å². The van der Waals surface area contributed by atoms with Crippen LogP contribution in [0.1, 0.15) is 41.2 Å². The zero-order valence-corrected chi connectivity index (χ0v) is 21.4. The Hall–Kier alpha value is -3.72. The topological polar surface area (TPSA) is 92.6 Å². The molecule has 4 rings (SSSR count). The monoisotopic (exact) mass is 490 g/mol. The molecule has 9 heteroatoms. The third-order valence-corrected chi connectivity index (χ3v) is 6.40. The van der Waals surface area contributed by atoms with Crippen LogP contribution in [0.15, 0.2) is 48.8 Å². The number of likely N-dealkylation sites (N-methyl/N-ethyl adjacent to an activating group) is 1. The van der Waals surface area contributed by atoms with Crippen LogP contribution >= 0.6 is 0 Å². The minimum absolute atomic E-state index is 0.0120. The first kappa shape index (κ1) is 25.4. The highest BCUT2D eigenvalue weighted by molar-refractivity contribution is 6.04. The first-order chi connectivity index (χ1) is 17.4. The number of ether oxygens (including phenoxy) is 1. The summed E-state index contributed by atoms with van der Waals surface area (Å²) in [5, 5.41) is 3.00. The van der Waals surface area contributed by atoms with Gasteiger partial charge in [0.05, 0.1) is 35.9 Å². The molecule has 36 heavy (non-hydrogen) atoms. The summed E-state index contributed by atoms with van der Waals surface area (Å²) in [5.74, 6) is 0.670. The number of nitrogens with zero attached hydrogens (tertiary/aromatic N) is 5. The van der Waals surface area contributed by atoms with Crippen molar-refractivity contribution in [3.63, 3.8) is 0 Å². The van der Waals surface area contributed by atoms with Crippen molar-refractivity contribution in [2.45, 2.75) is 32.2 Å². The van der Waals surface area contributed by atoms with Crippen LogP contribution in [0.5, 0.6) is 5.75 Å². The van der Waals surface area contributed by atoms with Crippen molar-refractivity contribution in [3.8, 4) is 5.75 Å². The predicted octanol–water partition coefficient (Wildman–Crippen LogP) is 3.67. The lowest BCUT2D eigenvalue weighted by atomic mass is 10.1. The summed E-state index contributed by atoms with van der Waals surface area (Å²) in [6.07, 6.45) is 9.42. The summed E-state index contributed by atoms with van der Waals surface area (Å²) in [7, 11) is 5.48. The lowest BCUT2D eigenvalue weighted by Crippen LogP contribution is -2.35. The number of aromatic nitrogens is 3. The van der Waals surface area contributed by atoms with Gasteiger partial charge in [0.2, 0.25) is 11.9 Å². The van der Waals surface area contributed by atoms with Crippen molar-refractivity contribution in [2.75, 3.05) is 46.2 Å². The Kier molecular flexibility index (Phi) is 8.00. The second-order valence-electron chi connectivity index (χ2n) is 9.41.